The molecule has 0 amide bonds. The maximum absolute atomic E-state index is 14.4. The maximum atomic E-state index is 14.4. The van der Waals surface area contributed by atoms with E-state index < -0.39 is 5.82 Å². The van der Waals surface area contributed by atoms with Gasteiger partial charge < -0.3 is 14.8 Å². The Morgan fingerprint density at radius 2 is 1.88 bits per heavy atom. The van der Waals surface area contributed by atoms with Gasteiger partial charge in [-0.05, 0) is 78.8 Å². The third-order valence-corrected chi connectivity index (χ3v) is 6.50. The molecule has 178 valence electrons. The minimum absolute atomic E-state index is 0. The lowest BCUT2D eigenvalue weighted by molar-refractivity contribution is 0.221. The van der Waals surface area contributed by atoms with Crippen LogP contribution in [0.15, 0.2) is 48.8 Å². The summed E-state index contributed by atoms with van der Waals surface area (Å²) in [5.41, 5.74) is 4.89. The van der Waals surface area contributed by atoms with Gasteiger partial charge in [0.25, 0.3) is 0 Å². The number of methoxy groups -OCH3 is 1. The largest absolute Gasteiger partial charge is 0.497 e. The molecule has 5 rings (SSSR count). The van der Waals surface area contributed by atoms with Gasteiger partial charge in [0.15, 0.2) is 11.6 Å². The van der Waals surface area contributed by atoms with Gasteiger partial charge in [-0.3, -0.25) is 0 Å². The standard InChI is InChI=1S/C26H25ClFN3O2.ClH/c1-32-18-6-7-22-16(11-18)3-2-4-21(17-5-8-23(27)24(28)12-17)25(22)26-30-14-20(15-31-26)33-19-9-10-29-13-19;/h5-8,11-12,14-15,19,29H,2-4,9-10,13H2,1H3;1H/t19-;/m0./s1. The van der Waals surface area contributed by atoms with Gasteiger partial charge in [0.1, 0.15) is 17.7 Å². The van der Waals surface area contributed by atoms with Crippen molar-refractivity contribution < 1.29 is 13.9 Å². The molecule has 0 radical (unpaired) electrons. The van der Waals surface area contributed by atoms with E-state index in [1.165, 1.54) is 6.07 Å². The van der Waals surface area contributed by atoms with E-state index in [9.17, 15) is 4.39 Å². The normalized spacial score (nSPS) is 17.6. The highest BCUT2D eigenvalue weighted by Gasteiger charge is 2.23. The molecule has 0 spiro atoms. The van der Waals surface area contributed by atoms with Crippen molar-refractivity contribution in [3.8, 4) is 11.5 Å². The summed E-state index contributed by atoms with van der Waals surface area (Å²) in [4.78, 5) is 9.36. The monoisotopic (exact) mass is 501 g/mol. The number of nitrogens with one attached hydrogen (secondary N) is 1. The van der Waals surface area contributed by atoms with Crippen LogP contribution < -0.4 is 14.8 Å². The number of halogens is 3. The second-order valence-electron chi connectivity index (χ2n) is 8.33. The first kappa shape index (κ1) is 24.5. The number of hydrogen-bond donors (Lipinski definition) is 1. The van der Waals surface area contributed by atoms with E-state index in [1.54, 1.807) is 25.6 Å². The van der Waals surface area contributed by atoms with Crippen LogP contribution in [0.4, 0.5) is 4.39 Å². The molecule has 0 bridgehead atoms. The number of rotatable bonds is 5. The zero-order chi connectivity index (χ0) is 22.8. The number of ether oxygens (including phenoxy) is 2. The topological polar surface area (TPSA) is 56.3 Å². The molecule has 2 heterocycles. The highest BCUT2D eigenvalue weighted by Crippen LogP contribution is 2.40. The first-order valence-electron chi connectivity index (χ1n) is 11.2. The number of benzene rings is 2. The Balaban J connectivity index is 0.00000274. The SMILES string of the molecule is COc1ccc2c(c1)CCCC(c1ccc(Cl)c(F)c1)=C2c1ncc(O[C@H]2CCNC2)cn1.Cl. The quantitative estimate of drug-likeness (QED) is 0.483. The number of fused-ring (bicyclic) bond motifs is 1. The number of hydrogen-bond acceptors (Lipinski definition) is 5. The van der Waals surface area contributed by atoms with Crippen molar-refractivity contribution in [3.05, 3.63) is 82.1 Å². The van der Waals surface area contributed by atoms with Gasteiger partial charge in [-0.15, -0.1) is 12.4 Å². The third-order valence-electron chi connectivity index (χ3n) is 6.19. The van der Waals surface area contributed by atoms with E-state index >= 15 is 0 Å². The van der Waals surface area contributed by atoms with Crippen LogP contribution in [0.5, 0.6) is 11.5 Å². The Bertz CT molecular complexity index is 1200. The molecule has 1 aliphatic carbocycles. The Labute approximate surface area is 209 Å². The molecule has 1 aromatic heterocycles. The average molecular weight is 502 g/mol. The zero-order valence-corrected chi connectivity index (χ0v) is 20.4. The number of aryl methyl sites for hydroxylation is 1. The molecular weight excluding hydrogens is 476 g/mol. The minimum atomic E-state index is -0.435. The molecule has 34 heavy (non-hydrogen) atoms. The maximum Gasteiger partial charge on any atom is 0.160 e. The molecule has 2 aromatic carbocycles. The van der Waals surface area contributed by atoms with E-state index in [0.29, 0.717) is 11.6 Å². The van der Waals surface area contributed by atoms with Gasteiger partial charge in [0.05, 0.1) is 24.5 Å². The molecule has 2 aliphatic rings. The molecule has 1 aliphatic heterocycles. The number of nitrogens with zero attached hydrogens (tertiary/aromatic N) is 2. The van der Waals surface area contributed by atoms with Crippen LogP contribution in [0.2, 0.25) is 5.02 Å². The molecule has 0 unspecified atom stereocenters. The number of allylic oxidation sites excluding steroid dienone is 1. The van der Waals surface area contributed by atoms with Crippen LogP contribution in [0.25, 0.3) is 11.1 Å². The molecule has 8 heteroatoms. The van der Waals surface area contributed by atoms with Gasteiger partial charge in [-0.25, -0.2) is 14.4 Å². The second-order valence-corrected chi connectivity index (χ2v) is 8.74. The Morgan fingerprint density at radius 1 is 1.06 bits per heavy atom. The molecule has 1 fully saturated rings. The van der Waals surface area contributed by atoms with Gasteiger partial charge in [-0.2, -0.15) is 0 Å². The average Bonchev–Trinajstić information content (AvgIpc) is 3.27. The van der Waals surface area contributed by atoms with Crippen molar-refractivity contribution in [1.29, 1.82) is 0 Å². The van der Waals surface area contributed by atoms with E-state index in [2.05, 4.69) is 21.4 Å². The van der Waals surface area contributed by atoms with Gasteiger partial charge in [-0.1, -0.05) is 23.7 Å². The van der Waals surface area contributed by atoms with Crippen molar-refractivity contribution >= 4 is 35.2 Å². The summed E-state index contributed by atoms with van der Waals surface area (Å²) in [7, 11) is 1.67. The summed E-state index contributed by atoms with van der Waals surface area (Å²) in [6.45, 7) is 1.78. The Hall–Kier alpha value is -2.67. The van der Waals surface area contributed by atoms with Crippen LogP contribution in [0, 0.1) is 5.82 Å². The summed E-state index contributed by atoms with van der Waals surface area (Å²) in [6.07, 6.45) is 7.11. The van der Waals surface area contributed by atoms with Gasteiger partial charge in [0.2, 0.25) is 0 Å². The van der Waals surface area contributed by atoms with Crippen LogP contribution in [-0.4, -0.2) is 36.3 Å². The van der Waals surface area contributed by atoms with Crippen molar-refractivity contribution in [1.82, 2.24) is 15.3 Å². The minimum Gasteiger partial charge on any atom is -0.497 e. The molecule has 1 N–H and O–H groups in total. The molecule has 0 saturated carbocycles. The molecule has 1 atom stereocenters. The highest BCUT2D eigenvalue weighted by molar-refractivity contribution is 6.30. The predicted octanol–water partition coefficient (Wildman–Crippen LogP) is 5.74. The zero-order valence-electron chi connectivity index (χ0n) is 18.8. The molecular formula is C26H26Cl2FN3O2. The first-order chi connectivity index (χ1) is 16.1. The number of aromatic nitrogens is 2. The van der Waals surface area contributed by atoms with E-state index in [-0.39, 0.29) is 23.5 Å². The van der Waals surface area contributed by atoms with Crippen molar-refractivity contribution in [2.45, 2.75) is 31.8 Å². The van der Waals surface area contributed by atoms with E-state index in [0.717, 1.165) is 72.4 Å². The third kappa shape index (κ3) is 5.04. The summed E-state index contributed by atoms with van der Waals surface area (Å²) < 4.78 is 25.8. The van der Waals surface area contributed by atoms with Gasteiger partial charge in [0, 0.05) is 12.1 Å². The fraction of sp³-hybridized carbons (Fsp3) is 0.308. The van der Waals surface area contributed by atoms with Crippen molar-refractivity contribution in [2.24, 2.45) is 0 Å². The van der Waals surface area contributed by atoms with Crippen LogP contribution in [-0.2, 0) is 6.42 Å². The van der Waals surface area contributed by atoms with Crippen LogP contribution in [0.3, 0.4) is 0 Å². The predicted molar refractivity (Wildman–Crippen MR) is 134 cm³/mol. The summed E-state index contributed by atoms with van der Waals surface area (Å²) in [5.74, 6) is 1.61. The van der Waals surface area contributed by atoms with Crippen LogP contribution in [0.1, 0.15) is 41.8 Å². The summed E-state index contributed by atoms with van der Waals surface area (Å²) in [6, 6.07) is 11.0. The second kappa shape index (κ2) is 10.7. The van der Waals surface area contributed by atoms with Crippen LogP contribution >= 0.6 is 24.0 Å². The van der Waals surface area contributed by atoms with E-state index in [4.69, 9.17) is 21.1 Å². The fourth-order valence-corrected chi connectivity index (χ4v) is 4.66. The van der Waals surface area contributed by atoms with Crippen molar-refractivity contribution in [3.63, 3.8) is 0 Å². The van der Waals surface area contributed by atoms with Crippen molar-refractivity contribution in [2.75, 3.05) is 20.2 Å². The highest BCUT2D eigenvalue weighted by atomic mass is 35.5. The summed E-state index contributed by atoms with van der Waals surface area (Å²) >= 11 is 5.96. The van der Waals surface area contributed by atoms with E-state index in [1.807, 2.05) is 18.2 Å². The molecule has 1 saturated heterocycles. The fourth-order valence-electron chi connectivity index (χ4n) is 4.55. The lowest BCUT2D eigenvalue weighted by Gasteiger charge is -2.17. The smallest absolute Gasteiger partial charge is 0.160 e. The first-order valence-corrected chi connectivity index (χ1v) is 11.6. The summed E-state index contributed by atoms with van der Waals surface area (Å²) in [5, 5.41) is 3.40. The molecule has 3 aromatic rings. The Kier molecular flexibility index (Phi) is 7.71. The Morgan fingerprint density at radius 3 is 2.59 bits per heavy atom. The molecule has 5 nitrogen and oxygen atoms in total. The lowest BCUT2D eigenvalue weighted by atomic mass is 9.91. The lowest BCUT2D eigenvalue weighted by Crippen LogP contribution is -2.19. The van der Waals surface area contributed by atoms with Gasteiger partial charge >= 0.3 is 0 Å².